The zero-order valence-corrected chi connectivity index (χ0v) is 10.6. The molecule has 0 aliphatic heterocycles. The van der Waals surface area contributed by atoms with Gasteiger partial charge in [0, 0.05) is 11.6 Å². The molecule has 92 valence electrons. The minimum atomic E-state index is -0.0729. The Morgan fingerprint density at radius 1 is 1.53 bits per heavy atom. The lowest BCUT2D eigenvalue weighted by Crippen LogP contribution is -2.30. The van der Waals surface area contributed by atoms with Crippen LogP contribution in [0, 0.1) is 12.8 Å². The van der Waals surface area contributed by atoms with Crippen molar-refractivity contribution in [3.63, 3.8) is 0 Å². The Labute approximate surface area is 106 Å². The predicted octanol–water partition coefficient (Wildman–Crippen LogP) is 2.55. The molecule has 1 aliphatic rings. The maximum Gasteiger partial charge on any atom is 0.257 e. The summed E-state index contributed by atoms with van der Waals surface area (Å²) in [7, 11) is 0. The lowest BCUT2D eigenvalue weighted by Gasteiger charge is -2.09. The Hall–Kier alpha value is -1.22. The number of benzene rings is 1. The smallest absolute Gasteiger partial charge is 0.257 e. The standard InChI is InChI=1S/C13H16ClNO2/c1-9-2-5-11(14)6-12(9)17-8-13(16)15-7-10-3-4-10/h2,5-6,10H,3-4,7-8H2,1H3,(H,15,16). The number of halogens is 1. The SMILES string of the molecule is Cc1ccc(Cl)cc1OCC(=O)NCC1CC1. The highest BCUT2D eigenvalue weighted by Gasteiger charge is 2.21. The van der Waals surface area contributed by atoms with Gasteiger partial charge in [-0.2, -0.15) is 0 Å². The monoisotopic (exact) mass is 253 g/mol. The van der Waals surface area contributed by atoms with Crippen LogP contribution in [0.1, 0.15) is 18.4 Å². The summed E-state index contributed by atoms with van der Waals surface area (Å²) < 4.78 is 5.44. The van der Waals surface area contributed by atoms with Gasteiger partial charge in [0.05, 0.1) is 0 Å². The molecule has 0 saturated heterocycles. The molecule has 0 unspecified atom stereocenters. The van der Waals surface area contributed by atoms with Crippen LogP contribution < -0.4 is 10.1 Å². The molecule has 0 bridgehead atoms. The van der Waals surface area contributed by atoms with Crippen molar-refractivity contribution in [2.75, 3.05) is 13.2 Å². The molecule has 2 rings (SSSR count). The van der Waals surface area contributed by atoms with E-state index in [1.54, 1.807) is 12.1 Å². The fourth-order valence-electron chi connectivity index (χ4n) is 1.50. The molecule has 1 amide bonds. The van der Waals surface area contributed by atoms with Crippen molar-refractivity contribution >= 4 is 17.5 Å². The van der Waals surface area contributed by atoms with Crippen molar-refractivity contribution in [3.8, 4) is 5.75 Å². The second-order valence-electron chi connectivity index (χ2n) is 4.45. The van der Waals surface area contributed by atoms with E-state index in [0.29, 0.717) is 16.7 Å². The van der Waals surface area contributed by atoms with Gasteiger partial charge in [0.2, 0.25) is 0 Å². The largest absolute Gasteiger partial charge is 0.483 e. The second-order valence-corrected chi connectivity index (χ2v) is 4.88. The first kappa shape index (κ1) is 12.2. The van der Waals surface area contributed by atoms with E-state index in [1.165, 1.54) is 12.8 Å². The number of amides is 1. The summed E-state index contributed by atoms with van der Waals surface area (Å²) in [6.07, 6.45) is 2.46. The minimum Gasteiger partial charge on any atom is -0.483 e. The Morgan fingerprint density at radius 3 is 3.00 bits per heavy atom. The zero-order chi connectivity index (χ0) is 12.3. The molecule has 4 heteroatoms. The van der Waals surface area contributed by atoms with E-state index in [2.05, 4.69) is 5.32 Å². The first-order chi connectivity index (χ1) is 8.15. The van der Waals surface area contributed by atoms with Crippen LogP contribution in [0.4, 0.5) is 0 Å². The number of hydrogen-bond donors (Lipinski definition) is 1. The third kappa shape index (κ3) is 3.93. The fraction of sp³-hybridized carbons (Fsp3) is 0.462. The molecular weight excluding hydrogens is 238 g/mol. The molecule has 0 heterocycles. The predicted molar refractivity (Wildman–Crippen MR) is 67.4 cm³/mol. The van der Waals surface area contributed by atoms with Crippen molar-refractivity contribution in [2.45, 2.75) is 19.8 Å². The van der Waals surface area contributed by atoms with Crippen LogP contribution in [-0.4, -0.2) is 19.1 Å². The molecule has 1 saturated carbocycles. The van der Waals surface area contributed by atoms with Gasteiger partial charge in [0.15, 0.2) is 6.61 Å². The van der Waals surface area contributed by atoms with Gasteiger partial charge in [-0.3, -0.25) is 4.79 Å². The van der Waals surface area contributed by atoms with E-state index in [-0.39, 0.29) is 12.5 Å². The summed E-state index contributed by atoms with van der Waals surface area (Å²) in [6, 6.07) is 5.40. The molecule has 3 nitrogen and oxygen atoms in total. The lowest BCUT2D eigenvalue weighted by molar-refractivity contribution is -0.123. The number of nitrogens with one attached hydrogen (secondary N) is 1. The van der Waals surface area contributed by atoms with Crippen LogP contribution in [0.25, 0.3) is 0 Å². The highest BCUT2D eigenvalue weighted by molar-refractivity contribution is 6.30. The Kier molecular flexibility index (Phi) is 3.89. The van der Waals surface area contributed by atoms with Crippen molar-refractivity contribution < 1.29 is 9.53 Å². The molecule has 0 aromatic heterocycles. The topological polar surface area (TPSA) is 38.3 Å². The molecule has 1 aromatic rings. The molecule has 1 aliphatic carbocycles. The van der Waals surface area contributed by atoms with Crippen LogP contribution in [0.3, 0.4) is 0 Å². The minimum absolute atomic E-state index is 0.0495. The fourth-order valence-corrected chi connectivity index (χ4v) is 1.67. The van der Waals surface area contributed by atoms with Gasteiger partial charge < -0.3 is 10.1 Å². The molecule has 17 heavy (non-hydrogen) atoms. The molecular formula is C13H16ClNO2. The maximum absolute atomic E-state index is 11.5. The van der Waals surface area contributed by atoms with Gasteiger partial charge in [-0.25, -0.2) is 0 Å². The Morgan fingerprint density at radius 2 is 2.29 bits per heavy atom. The molecule has 1 fully saturated rings. The van der Waals surface area contributed by atoms with E-state index >= 15 is 0 Å². The first-order valence-corrected chi connectivity index (χ1v) is 6.18. The molecule has 1 aromatic carbocycles. The number of rotatable bonds is 5. The van der Waals surface area contributed by atoms with Crippen LogP contribution in [-0.2, 0) is 4.79 Å². The average molecular weight is 254 g/mol. The quantitative estimate of drug-likeness (QED) is 0.876. The van der Waals surface area contributed by atoms with Crippen molar-refractivity contribution in [1.29, 1.82) is 0 Å². The number of hydrogen-bond acceptors (Lipinski definition) is 2. The van der Waals surface area contributed by atoms with Gasteiger partial charge in [-0.15, -0.1) is 0 Å². The number of ether oxygens (including phenoxy) is 1. The molecule has 0 atom stereocenters. The van der Waals surface area contributed by atoms with E-state index < -0.39 is 0 Å². The lowest BCUT2D eigenvalue weighted by atomic mass is 10.2. The summed E-state index contributed by atoms with van der Waals surface area (Å²) in [5, 5.41) is 3.47. The van der Waals surface area contributed by atoms with Gasteiger partial charge >= 0.3 is 0 Å². The van der Waals surface area contributed by atoms with E-state index in [4.69, 9.17) is 16.3 Å². The first-order valence-electron chi connectivity index (χ1n) is 5.81. The highest BCUT2D eigenvalue weighted by Crippen LogP contribution is 2.27. The van der Waals surface area contributed by atoms with E-state index in [0.717, 1.165) is 12.1 Å². The Bertz CT molecular complexity index is 416. The number of carbonyl (C=O) groups is 1. The van der Waals surface area contributed by atoms with Crippen LogP contribution in [0.2, 0.25) is 5.02 Å². The summed E-state index contributed by atoms with van der Waals surface area (Å²) >= 11 is 5.86. The zero-order valence-electron chi connectivity index (χ0n) is 9.83. The van der Waals surface area contributed by atoms with Crippen LogP contribution in [0.15, 0.2) is 18.2 Å². The number of aryl methyl sites for hydroxylation is 1. The summed E-state index contributed by atoms with van der Waals surface area (Å²) in [5.41, 5.74) is 0.976. The van der Waals surface area contributed by atoms with Crippen molar-refractivity contribution in [1.82, 2.24) is 5.32 Å². The van der Waals surface area contributed by atoms with Crippen LogP contribution in [0.5, 0.6) is 5.75 Å². The Balaban J connectivity index is 1.79. The van der Waals surface area contributed by atoms with Gasteiger partial charge in [0.1, 0.15) is 5.75 Å². The van der Waals surface area contributed by atoms with E-state index in [9.17, 15) is 4.79 Å². The third-order valence-corrected chi connectivity index (χ3v) is 3.03. The molecule has 0 radical (unpaired) electrons. The van der Waals surface area contributed by atoms with Gasteiger partial charge in [-0.05, 0) is 43.4 Å². The van der Waals surface area contributed by atoms with Crippen molar-refractivity contribution in [3.05, 3.63) is 28.8 Å². The molecule has 1 N–H and O–H groups in total. The highest BCUT2D eigenvalue weighted by atomic mass is 35.5. The van der Waals surface area contributed by atoms with Gasteiger partial charge in [0.25, 0.3) is 5.91 Å². The van der Waals surface area contributed by atoms with Crippen LogP contribution >= 0.6 is 11.6 Å². The molecule has 0 spiro atoms. The van der Waals surface area contributed by atoms with E-state index in [1.807, 2.05) is 13.0 Å². The normalized spacial score (nSPS) is 14.5. The van der Waals surface area contributed by atoms with Crippen molar-refractivity contribution in [2.24, 2.45) is 5.92 Å². The number of carbonyl (C=O) groups excluding carboxylic acids is 1. The average Bonchev–Trinajstić information content (AvgIpc) is 3.11. The summed E-state index contributed by atoms with van der Waals surface area (Å²) in [5.74, 6) is 1.28. The summed E-state index contributed by atoms with van der Waals surface area (Å²) in [4.78, 5) is 11.5. The van der Waals surface area contributed by atoms with Gasteiger partial charge in [-0.1, -0.05) is 17.7 Å². The second kappa shape index (κ2) is 5.41. The maximum atomic E-state index is 11.5. The summed E-state index contributed by atoms with van der Waals surface area (Å²) in [6.45, 7) is 2.75. The third-order valence-electron chi connectivity index (χ3n) is 2.79.